The van der Waals surface area contributed by atoms with Crippen molar-refractivity contribution in [3.63, 3.8) is 0 Å². The molecule has 0 bridgehead atoms. The van der Waals surface area contributed by atoms with Crippen molar-refractivity contribution >= 4 is 11.6 Å². The first-order valence-corrected chi connectivity index (χ1v) is 8.02. The van der Waals surface area contributed by atoms with Crippen molar-refractivity contribution in [1.82, 2.24) is 10.2 Å². The van der Waals surface area contributed by atoms with Crippen LogP contribution >= 0.6 is 11.6 Å². The second-order valence-corrected chi connectivity index (χ2v) is 5.73. The highest BCUT2D eigenvalue weighted by Crippen LogP contribution is 2.22. The number of hydrogen-bond donors (Lipinski definition) is 1. The van der Waals surface area contributed by atoms with Gasteiger partial charge in [0.05, 0.1) is 6.10 Å². The van der Waals surface area contributed by atoms with Crippen LogP contribution in [-0.2, 0) is 6.61 Å². The van der Waals surface area contributed by atoms with E-state index in [4.69, 9.17) is 20.8 Å². The third kappa shape index (κ3) is 3.93. The minimum atomic E-state index is -0.447. The van der Waals surface area contributed by atoms with Crippen molar-refractivity contribution in [2.24, 2.45) is 0 Å². The second-order valence-electron chi connectivity index (χ2n) is 5.29. The molecule has 2 aromatic carbocycles. The van der Waals surface area contributed by atoms with Crippen LogP contribution in [0.2, 0.25) is 5.02 Å². The first-order chi connectivity index (χ1) is 11.7. The van der Waals surface area contributed by atoms with Gasteiger partial charge in [0, 0.05) is 10.6 Å². The quantitative estimate of drug-likeness (QED) is 0.717. The summed E-state index contributed by atoms with van der Waals surface area (Å²) >= 11 is 5.86. The lowest BCUT2D eigenvalue weighted by Crippen LogP contribution is -1.97. The van der Waals surface area contributed by atoms with Gasteiger partial charge in [-0.25, -0.2) is 0 Å². The van der Waals surface area contributed by atoms with Crippen molar-refractivity contribution in [2.45, 2.75) is 26.1 Å². The molecular weight excluding hydrogens is 328 g/mol. The topological polar surface area (TPSA) is 68.4 Å². The number of nitrogens with zero attached hydrogens (tertiary/aromatic N) is 2. The maximum Gasteiger partial charge on any atom is 0.254 e. The van der Waals surface area contributed by atoms with E-state index in [2.05, 4.69) is 10.2 Å². The maximum absolute atomic E-state index is 9.77. The van der Waals surface area contributed by atoms with Gasteiger partial charge in [-0.15, -0.1) is 10.2 Å². The van der Waals surface area contributed by atoms with Crippen LogP contribution in [0.3, 0.4) is 0 Å². The number of benzene rings is 2. The molecule has 0 saturated carbocycles. The van der Waals surface area contributed by atoms with Crippen molar-refractivity contribution < 1.29 is 14.3 Å². The summed E-state index contributed by atoms with van der Waals surface area (Å²) in [4.78, 5) is 0. The van der Waals surface area contributed by atoms with Gasteiger partial charge in [-0.2, -0.15) is 0 Å². The van der Waals surface area contributed by atoms with Gasteiger partial charge in [-0.1, -0.05) is 30.7 Å². The Morgan fingerprint density at radius 3 is 2.46 bits per heavy atom. The van der Waals surface area contributed by atoms with Crippen LogP contribution < -0.4 is 4.74 Å². The number of halogens is 1. The average Bonchev–Trinajstić information content (AvgIpc) is 3.09. The lowest BCUT2D eigenvalue weighted by Gasteiger charge is -2.09. The van der Waals surface area contributed by atoms with Crippen LogP contribution in [0.4, 0.5) is 0 Å². The van der Waals surface area contributed by atoms with Gasteiger partial charge in [0.1, 0.15) is 5.75 Å². The summed E-state index contributed by atoms with van der Waals surface area (Å²) in [5.74, 6) is 1.48. The normalized spacial score (nSPS) is 12.1. The Morgan fingerprint density at radius 2 is 1.79 bits per heavy atom. The van der Waals surface area contributed by atoms with Crippen LogP contribution in [0.5, 0.6) is 5.75 Å². The van der Waals surface area contributed by atoms with Gasteiger partial charge in [0.15, 0.2) is 6.61 Å². The molecule has 3 aromatic rings. The Bertz CT molecular complexity index is 785. The Kier molecular flexibility index (Phi) is 5.13. The van der Waals surface area contributed by atoms with Crippen molar-refractivity contribution in [2.75, 3.05) is 0 Å². The molecule has 0 amide bonds. The summed E-state index contributed by atoms with van der Waals surface area (Å²) in [7, 11) is 0. The summed E-state index contributed by atoms with van der Waals surface area (Å²) in [6.45, 7) is 2.11. The van der Waals surface area contributed by atoms with Gasteiger partial charge >= 0.3 is 0 Å². The molecule has 0 radical (unpaired) electrons. The fourth-order valence-corrected chi connectivity index (χ4v) is 2.31. The van der Waals surface area contributed by atoms with Crippen molar-refractivity contribution in [3.05, 3.63) is 65.0 Å². The molecule has 1 N–H and O–H groups in total. The summed E-state index contributed by atoms with van der Waals surface area (Å²) < 4.78 is 11.2. The first-order valence-electron chi connectivity index (χ1n) is 7.65. The summed E-state index contributed by atoms with van der Waals surface area (Å²) in [6.07, 6.45) is 0.229. The molecule has 5 nitrogen and oxygen atoms in total. The molecule has 0 aliphatic heterocycles. The molecular formula is C18H17ClN2O3. The zero-order valence-corrected chi connectivity index (χ0v) is 13.9. The Labute approximate surface area is 144 Å². The molecule has 1 unspecified atom stereocenters. The summed E-state index contributed by atoms with van der Waals surface area (Å²) in [5, 5.41) is 18.4. The predicted octanol–water partition coefficient (Wildman–Crippen LogP) is 4.41. The van der Waals surface area contributed by atoms with E-state index in [-0.39, 0.29) is 6.61 Å². The molecule has 0 saturated heterocycles. The molecule has 124 valence electrons. The van der Waals surface area contributed by atoms with Crippen LogP contribution in [0.15, 0.2) is 52.9 Å². The number of aliphatic hydroxyl groups excluding tert-OH is 1. The fourth-order valence-electron chi connectivity index (χ4n) is 2.19. The van der Waals surface area contributed by atoms with Crippen LogP contribution in [0, 0.1) is 0 Å². The molecule has 3 rings (SSSR count). The summed E-state index contributed by atoms with van der Waals surface area (Å²) in [5.41, 5.74) is 1.67. The van der Waals surface area contributed by atoms with Crippen molar-refractivity contribution in [3.8, 4) is 17.2 Å². The predicted molar refractivity (Wildman–Crippen MR) is 90.8 cm³/mol. The number of aliphatic hydroxyl groups is 1. The Balaban J connectivity index is 1.62. The van der Waals surface area contributed by atoms with E-state index in [0.29, 0.717) is 29.0 Å². The minimum absolute atomic E-state index is 0.177. The molecule has 1 heterocycles. The number of aromatic nitrogens is 2. The molecule has 6 heteroatoms. The van der Waals surface area contributed by atoms with Crippen LogP contribution in [0.25, 0.3) is 11.5 Å². The molecule has 0 aliphatic carbocycles. The molecule has 0 fully saturated rings. The van der Waals surface area contributed by atoms with E-state index < -0.39 is 6.10 Å². The summed E-state index contributed by atoms with van der Waals surface area (Å²) in [6, 6.07) is 14.5. The van der Waals surface area contributed by atoms with Gasteiger partial charge in [0.2, 0.25) is 5.89 Å². The van der Waals surface area contributed by atoms with Crippen molar-refractivity contribution in [1.29, 1.82) is 0 Å². The highest BCUT2D eigenvalue weighted by atomic mass is 35.5. The molecule has 0 aliphatic rings. The number of rotatable bonds is 6. The van der Waals surface area contributed by atoms with E-state index >= 15 is 0 Å². The molecule has 0 spiro atoms. The maximum atomic E-state index is 9.77. The fraction of sp³-hybridized carbons (Fsp3) is 0.222. The smallest absolute Gasteiger partial charge is 0.254 e. The van der Waals surface area contributed by atoms with E-state index in [1.165, 1.54) is 0 Å². The lowest BCUT2D eigenvalue weighted by atomic mass is 10.1. The third-order valence-electron chi connectivity index (χ3n) is 3.57. The van der Waals surface area contributed by atoms with E-state index in [0.717, 1.165) is 11.1 Å². The van der Waals surface area contributed by atoms with Gasteiger partial charge in [0.25, 0.3) is 5.89 Å². The van der Waals surface area contributed by atoms with E-state index in [1.54, 1.807) is 12.1 Å². The highest BCUT2D eigenvalue weighted by Gasteiger charge is 2.10. The monoisotopic (exact) mass is 344 g/mol. The zero-order valence-electron chi connectivity index (χ0n) is 13.1. The van der Waals surface area contributed by atoms with Crippen LogP contribution in [-0.4, -0.2) is 15.3 Å². The van der Waals surface area contributed by atoms with Crippen LogP contribution in [0.1, 0.15) is 30.9 Å². The van der Waals surface area contributed by atoms with Gasteiger partial charge in [-0.05, 0) is 48.4 Å². The highest BCUT2D eigenvalue weighted by molar-refractivity contribution is 6.30. The second kappa shape index (κ2) is 7.47. The minimum Gasteiger partial charge on any atom is -0.484 e. The Morgan fingerprint density at radius 1 is 1.08 bits per heavy atom. The largest absolute Gasteiger partial charge is 0.484 e. The number of hydrogen-bond acceptors (Lipinski definition) is 5. The van der Waals surface area contributed by atoms with Gasteiger partial charge < -0.3 is 14.3 Å². The zero-order chi connectivity index (χ0) is 16.9. The SMILES string of the molecule is CCC(O)c1ccc(OCc2nnc(-c3ccc(Cl)cc3)o2)cc1. The standard InChI is InChI=1S/C18H17ClN2O3/c1-2-16(22)12-5-9-15(10-6-12)23-11-17-20-21-18(24-17)13-3-7-14(19)8-4-13/h3-10,16,22H,2,11H2,1H3. The average molecular weight is 345 g/mol. The molecule has 1 aromatic heterocycles. The number of ether oxygens (including phenoxy) is 1. The first kappa shape index (κ1) is 16.5. The molecule has 1 atom stereocenters. The lowest BCUT2D eigenvalue weighted by molar-refractivity contribution is 0.173. The third-order valence-corrected chi connectivity index (χ3v) is 3.82. The van der Waals surface area contributed by atoms with Gasteiger partial charge in [-0.3, -0.25) is 0 Å². The Hall–Kier alpha value is -2.37. The molecule has 24 heavy (non-hydrogen) atoms. The van der Waals surface area contributed by atoms with E-state index in [9.17, 15) is 5.11 Å². The van der Waals surface area contributed by atoms with E-state index in [1.807, 2.05) is 43.3 Å².